The standard InChI is InChI=1S/C16H22BrN3O/c1-4-21-9-5-8-18-16-19-13(3)11-20(16)14-7-6-12(2)15(17)10-14/h6-7,10-11H,4-5,8-9H2,1-3H3,(H,18,19). The molecule has 1 heterocycles. The molecule has 0 aliphatic heterocycles. The summed E-state index contributed by atoms with van der Waals surface area (Å²) in [5, 5.41) is 3.38. The molecule has 0 aliphatic carbocycles. The van der Waals surface area contributed by atoms with E-state index in [0.29, 0.717) is 0 Å². The van der Waals surface area contributed by atoms with Crippen molar-refractivity contribution in [3.63, 3.8) is 0 Å². The van der Waals surface area contributed by atoms with Crippen molar-refractivity contribution in [1.82, 2.24) is 9.55 Å². The summed E-state index contributed by atoms with van der Waals surface area (Å²) < 4.78 is 8.54. The van der Waals surface area contributed by atoms with Crippen LogP contribution < -0.4 is 5.32 Å². The first-order chi connectivity index (χ1) is 10.1. The lowest BCUT2D eigenvalue weighted by atomic mass is 10.2. The van der Waals surface area contributed by atoms with E-state index in [1.54, 1.807) is 0 Å². The number of nitrogens with one attached hydrogen (secondary N) is 1. The number of aryl methyl sites for hydroxylation is 2. The molecule has 21 heavy (non-hydrogen) atoms. The van der Waals surface area contributed by atoms with Crippen LogP contribution in [0.4, 0.5) is 5.95 Å². The zero-order valence-electron chi connectivity index (χ0n) is 12.8. The molecule has 2 aromatic rings. The van der Waals surface area contributed by atoms with Gasteiger partial charge in [-0.2, -0.15) is 0 Å². The number of hydrogen-bond acceptors (Lipinski definition) is 3. The second-order valence-corrected chi connectivity index (χ2v) is 5.84. The summed E-state index contributed by atoms with van der Waals surface area (Å²) in [6.07, 6.45) is 3.01. The molecule has 2 rings (SSSR count). The van der Waals surface area contributed by atoms with Crippen molar-refractivity contribution in [1.29, 1.82) is 0 Å². The topological polar surface area (TPSA) is 39.1 Å². The maximum Gasteiger partial charge on any atom is 0.207 e. The molecule has 114 valence electrons. The van der Waals surface area contributed by atoms with E-state index in [-0.39, 0.29) is 0 Å². The monoisotopic (exact) mass is 351 g/mol. The molecule has 0 spiro atoms. The quantitative estimate of drug-likeness (QED) is 0.763. The maximum atomic E-state index is 5.35. The van der Waals surface area contributed by atoms with Crippen LogP contribution in [-0.2, 0) is 4.74 Å². The fourth-order valence-corrected chi connectivity index (χ4v) is 2.44. The van der Waals surface area contributed by atoms with Gasteiger partial charge in [0.15, 0.2) is 0 Å². The molecule has 1 aromatic heterocycles. The molecule has 0 saturated heterocycles. The van der Waals surface area contributed by atoms with Gasteiger partial charge in [-0.1, -0.05) is 22.0 Å². The van der Waals surface area contributed by atoms with Crippen LogP contribution in [0, 0.1) is 13.8 Å². The van der Waals surface area contributed by atoms with Gasteiger partial charge in [-0.05, 0) is 44.9 Å². The number of rotatable bonds is 7. The lowest BCUT2D eigenvalue weighted by Crippen LogP contribution is -2.10. The third-order valence-electron chi connectivity index (χ3n) is 3.21. The van der Waals surface area contributed by atoms with Gasteiger partial charge in [0.05, 0.1) is 5.69 Å². The summed E-state index contributed by atoms with van der Waals surface area (Å²) in [6, 6.07) is 6.32. The van der Waals surface area contributed by atoms with Crippen molar-refractivity contribution in [2.75, 3.05) is 25.1 Å². The first kappa shape index (κ1) is 16.0. The maximum absolute atomic E-state index is 5.35. The van der Waals surface area contributed by atoms with Crippen LogP contribution in [0.5, 0.6) is 0 Å². The molecular weight excluding hydrogens is 330 g/mol. The van der Waals surface area contributed by atoms with Gasteiger partial charge < -0.3 is 10.1 Å². The third kappa shape index (κ3) is 4.32. The SMILES string of the molecule is CCOCCCNc1nc(C)cn1-c1ccc(C)c(Br)c1. The molecule has 0 bridgehead atoms. The zero-order valence-corrected chi connectivity index (χ0v) is 14.4. The van der Waals surface area contributed by atoms with Crippen molar-refractivity contribution < 1.29 is 4.74 Å². The van der Waals surface area contributed by atoms with E-state index in [2.05, 4.69) is 55.9 Å². The number of benzene rings is 1. The number of nitrogens with zero attached hydrogens (tertiary/aromatic N) is 2. The number of imidazole rings is 1. The van der Waals surface area contributed by atoms with E-state index >= 15 is 0 Å². The van der Waals surface area contributed by atoms with Crippen LogP contribution >= 0.6 is 15.9 Å². The molecular formula is C16H22BrN3O. The summed E-state index contributed by atoms with van der Waals surface area (Å²) in [7, 11) is 0. The fourth-order valence-electron chi connectivity index (χ4n) is 2.07. The van der Waals surface area contributed by atoms with E-state index in [1.165, 1.54) is 5.56 Å². The summed E-state index contributed by atoms with van der Waals surface area (Å²) in [5.41, 5.74) is 3.32. The van der Waals surface area contributed by atoms with Gasteiger partial charge in [-0.15, -0.1) is 0 Å². The van der Waals surface area contributed by atoms with Crippen LogP contribution in [0.2, 0.25) is 0 Å². The predicted molar refractivity (Wildman–Crippen MR) is 90.3 cm³/mol. The highest BCUT2D eigenvalue weighted by Crippen LogP contribution is 2.23. The molecule has 0 radical (unpaired) electrons. The minimum absolute atomic E-state index is 0.769. The van der Waals surface area contributed by atoms with E-state index in [1.807, 2.05) is 20.0 Å². The fraction of sp³-hybridized carbons (Fsp3) is 0.438. The number of anilines is 1. The molecule has 0 unspecified atom stereocenters. The Balaban J connectivity index is 2.10. The molecule has 1 aromatic carbocycles. The third-order valence-corrected chi connectivity index (χ3v) is 4.07. The summed E-state index contributed by atoms with van der Waals surface area (Å²) in [6.45, 7) is 8.50. The second kappa shape index (κ2) is 7.61. The summed E-state index contributed by atoms with van der Waals surface area (Å²) in [5.74, 6) is 0.875. The molecule has 0 aliphatic rings. The van der Waals surface area contributed by atoms with Crippen LogP contribution in [-0.4, -0.2) is 29.3 Å². The van der Waals surface area contributed by atoms with Crippen molar-refractivity contribution in [2.45, 2.75) is 27.2 Å². The normalized spacial score (nSPS) is 10.9. The van der Waals surface area contributed by atoms with Crippen LogP contribution in [0.25, 0.3) is 5.69 Å². The van der Waals surface area contributed by atoms with Crippen molar-refractivity contribution >= 4 is 21.9 Å². The van der Waals surface area contributed by atoms with Gasteiger partial charge >= 0.3 is 0 Å². The van der Waals surface area contributed by atoms with Crippen molar-refractivity contribution in [2.24, 2.45) is 0 Å². The lowest BCUT2D eigenvalue weighted by molar-refractivity contribution is 0.147. The van der Waals surface area contributed by atoms with Crippen molar-refractivity contribution in [3.8, 4) is 5.69 Å². The lowest BCUT2D eigenvalue weighted by Gasteiger charge is -2.11. The Morgan fingerprint density at radius 3 is 2.86 bits per heavy atom. The second-order valence-electron chi connectivity index (χ2n) is 4.99. The summed E-state index contributed by atoms with van der Waals surface area (Å²) >= 11 is 3.59. The minimum atomic E-state index is 0.769. The van der Waals surface area contributed by atoms with Gasteiger partial charge in [-0.3, -0.25) is 4.57 Å². The molecule has 1 N–H and O–H groups in total. The smallest absolute Gasteiger partial charge is 0.207 e. The Morgan fingerprint density at radius 2 is 2.14 bits per heavy atom. The van der Waals surface area contributed by atoms with E-state index in [0.717, 1.165) is 48.0 Å². The van der Waals surface area contributed by atoms with Gasteiger partial charge in [0.2, 0.25) is 5.95 Å². The van der Waals surface area contributed by atoms with E-state index in [9.17, 15) is 0 Å². The minimum Gasteiger partial charge on any atom is -0.382 e. The first-order valence-corrected chi connectivity index (χ1v) is 8.05. The highest BCUT2D eigenvalue weighted by molar-refractivity contribution is 9.10. The average Bonchev–Trinajstić information content (AvgIpc) is 2.83. The van der Waals surface area contributed by atoms with Gasteiger partial charge in [0, 0.05) is 36.1 Å². The Morgan fingerprint density at radius 1 is 1.33 bits per heavy atom. The molecule has 5 heteroatoms. The Bertz CT molecular complexity index is 595. The Kier molecular flexibility index (Phi) is 5.82. The molecule has 0 amide bonds. The number of hydrogen-bond donors (Lipinski definition) is 1. The average molecular weight is 352 g/mol. The van der Waals surface area contributed by atoms with Gasteiger partial charge in [0.1, 0.15) is 0 Å². The number of aromatic nitrogens is 2. The first-order valence-electron chi connectivity index (χ1n) is 7.26. The van der Waals surface area contributed by atoms with Gasteiger partial charge in [-0.25, -0.2) is 4.98 Å². The Labute approximate surface area is 134 Å². The van der Waals surface area contributed by atoms with E-state index < -0.39 is 0 Å². The highest BCUT2D eigenvalue weighted by Gasteiger charge is 2.08. The number of ether oxygens (including phenoxy) is 1. The van der Waals surface area contributed by atoms with Gasteiger partial charge in [0.25, 0.3) is 0 Å². The highest BCUT2D eigenvalue weighted by atomic mass is 79.9. The molecule has 0 fully saturated rings. The van der Waals surface area contributed by atoms with Crippen LogP contribution in [0.3, 0.4) is 0 Å². The largest absolute Gasteiger partial charge is 0.382 e. The van der Waals surface area contributed by atoms with E-state index in [4.69, 9.17) is 4.74 Å². The Hall–Kier alpha value is -1.33. The van der Waals surface area contributed by atoms with Crippen LogP contribution in [0.15, 0.2) is 28.9 Å². The number of halogens is 1. The molecule has 0 atom stereocenters. The van der Waals surface area contributed by atoms with Crippen LogP contribution in [0.1, 0.15) is 24.6 Å². The molecule has 4 nitrogen and oxygen atoms in total. The van der Waals surface area contributed by atoms with Crippen molar-refractivity contribution in [3.05, 3.63) is 40.1 Å². The predicted octanol–water partition coefficient (Wildman–Crippen LogP) is 4.09. The summed E-state index contributed by atoms with van der Waals surface area (Å²) in [4.78, 5) is 4.55. The molecule has 0 saturated carbocycles. The zero-order chi connectivity index (χ0) is 15.2.